The van der Waals surface area contributed by atoms with Crippen LogP contribution in [0.4, 0.5) is 0 Å². The predicted octanol–water partition coefficient (Wildman–Crippen LogP) is 1.41. The lowest BCUT2D eigenvalue weighted by molar-refractivity contribution is -0.0286. The Bertz CT molecular complexity index is 472. The van der Waals surface area contributed by atoms with Gasteiger partial charge in [0.25, 0.3) is 0 Å². The first-order chi connectivity index (χ1) is 7.98. The minimum Gasteiger partial charge on any atom is -0.370 e. The SMILES string of the molecule is CC1COC(c2ccccc2)CN1S(C)(=O)=O. The van der Waals surface area contributed by atoms with Crippen molar-refractivity contribution in [2.75, 3.05) is 19.4 Å². The van der Waals surface area contributed by atoms with E-state index in [1.54, 1.807) is 0 Å². The summed E-state index contributed by atoms with van der Waals surface area (Å²) in [5.74, 6) is 0. The molecule has 0 spiro atoms. The predicted molar refractivity (Wildman–Crippen MR) is 66.1 cm³/mol. The van der Waals surface area contributed by atoms with E-state index >= 15 is 0 Å². The zero-order valence-corrected chi connectivity index (χ0v) is 10.9. The smallest absolute Gasteiger partial charge is 0.211 e. The molecule has 4 nitrogen and oxygen atoms in total. The Hall–Kier alpha value is -0.910. The first-order valence-electron chi connectivity index (χ1n) is 5.62. The Morgan fingerprint density at radius 1 is 1.29 bits per heavy atom. The monoisotopic (exact) mass is 255 g/mol. The van der Waals surface area contributed by atoms with E-state index in [2.05, 4.69) is 0 Å². The molecule has 2 atom stereocenters. The van der Waals surface area contributed by atoms with Gasteiger partial charge in [-0.2, -0.15) is 4.31 Å². The van der Waals surface area contributed by atoms with Crippen LogP contribution >= 0.6 is 0 Å². The molecule has 0 N–H and O–H groups in total. The van der Waals surface area contributed by atoms with E-state index in [1.807, 2.05) is 37.3 Å². The van der Waals surface area contributed by atoms with E-state index in [9.17, 15) is 8.42 Å². The van der Waals surface area contributed by atoms with Crippen LogP contribution in [0.25, 0.3) is 0 Å². The van der Waals surface area contributed by atoms with E-state index in [0.717, 1.165) is 5.56 Å². The van der Waals surface area contributed by atoms with Crippen molar-refractivity contribution in [2.24, 2.45) is 0 Å². The zero-order valence-electron chi connectivity index (χ0n) is 10.0. The van der Waals surface area contributed by atoms with Gasteiger partial charge >= 0.3 is 0 Å². The molecule has 0 aromatic heterocycles. The van der Waals surface area contributed by atoms with Crippen molar-refractivity contribution in [1.29, 1.82) is 0 Å². The number of hydrogen-bond donors (Lipinski definition) is 0. The van der Waals surface area contributed by atoms with Crippen LogP contribution in [-0.4, -0.2) is 38.2 Å². The van der Waals surface area contributed by atoms with E-state index in [1.165, 1.54) is 10.6 Å². The molecule has 17 heavy (non-hydrogen) atoms. The Labute approximate surface area is 102 Å². The molecule has 1 saturated heterocycles. The van der Waals surface area contributed by atoms with E-state index in [0.29, 0.717) is 13.2 Å². The quantitative estimate of drug-likeness (QED) is 0.802. The highest BCUT2D eigenvalue weighted by Crippen LogP contribution is 2.26. The van der Waals surface area contributed by atoms with Gasteiger partial charge in [-0.25, -0.2) is 8.42 Å². The van der Waals surface area contributed by atoms with E-state index < -0.39 is 10.0 Å². The summed E-state index contributed by atoms with van der Waals surface area (Å²) < 4.78 is 30.5. The van der Waals surface area contributed by atoms with Crippen LogP contribution in [0, 0.1) is 0 Å². The van der Waals surface area contributed by atoms with Gasteiger partial charge in [0.2, 0.25) is 10.0 Å². The lowest BCUT2D eigenvalue weighted by atomic mass is 10.1. The minimum atomic E-state index is -3.16. The first kappa shape index (κ1) is 12.5. The highest BCUT2D eigenvalue weighted by molar-refractivity contribution is 7.88. The molecule has 2 unspecified atom stereocenters. The third-order valence-electron chi connectivity index (χ3n) is 2.97. The number of nitrogens with zero attached hydrogens (tertiary/aromatic N) is 1. The standard InChI is InChI=1S/C12H17NO3S/c1-10-9-16-12(8-13(10)17(2,14)15)11-6-4-3-5-7-11/h3-7,10,12H,8-9H2,1-2H3. The average molecular weight is 255 g/mol. The molecule has 0 amide bonds. The molecule has 2 rings (SSSR count). The normalized spacial score (nSPS) is 26.9. The second-order valence-electron chi connectivity index (χ2n) is 4.41. The Kier molecular flexibility index (Phi) is 3.51. The summed E-state index contributed by atoms with van der Waals surface area (Å²) >= 11 is 0. The summed E-state index contributed by atoms with van der Waals surface area (Å²) in [6, 6.07) is 9.62. The average Bonchev–Trinajstić information content (AvgIpc) is 2.29. The third kappa shape index (κ3) is 2.86. The van der Waals surface area contributed by atoms with Crippen LogP contribution in [-0.2, 0) is 14.8 Å². The van der Waals surface area contributed by atoms with Crippen LogP contribution in [0.15, 0.2) is 30.3 Å². The number of rotatable bonds is 2. The van der Waals surface area contributed by atoms with Crippen molar-refractivity contribution in [2.45, 2.75) is 19.1 Å². The van der Waals surface area contributed by atoms with Crippen molar-refractivity contribution < 1.29 is 13.2 Å². The van der Waals surface area contributed by atoms with E-state index in [-0.39, 0.29) is 12.1 Å². The van der Waals surface area contributed by atoms with Crippen molar-refractivity contribution in [3.05, 3.63) is 35.9 Å². The first-order valence-corrected chi connectivity index (χ1v) is 7.46. The van der Waals surface area contributed by atoms with Crippen LogP contribution in [0.1, 0.15) is 18.6 Å². The molecule has 0 radical (unpaired) electrons. The number of ether oxygens (including phenoxy) is 1. The van der Waals surface area contributed by atoms with Crippen LogP contribution in [0.2, 0.25) is 0 Å². The van der Waals surface area contributed by atoms with Gasteiger partial charge in [-0.15, -0.1) is 0 Å². The maximum atomic E-state index is 11.6. The van der Waals surface area contributed by atoms with Crippen molar-refractivity contribution in [3.8, 4) is 0 Å². The second kappa shape index (κ2) is 4.76. The molecule has 1 heterocycles. The Balaban J connectivity index is 2.19. The Morgan fingerprint density at radius 3 is 2.53 bits per heavy atom. The summed E-state index contributed by atoms with van der Waals surface area (Å²) in [6.07, 6.45) is 1.08. The molecule has 1 aliphatic rings. The summed E-state index contributed by atoms with van der Waals surface area (Å²) in [7, 11) is -3.16. The summed E-state index contributed by atoms with van der Waals surface area (Å²) in [5, 5.41) is 0. The maximum absolute atomic E-state index is 11.6. The largest absolute Gasteiger partial charge is 0.370 e. The summed E-state index contributed by atoms with van der Waals surface area (Å²) in [6.45, 7) is 2.69. The number of benzene rings is 1. The van der Waals surface area contributed by atoms with Gasteiger partial charge < -0.3 is 4.74 Å². The van der Waals surface area contributed by atoms with Crippen molar-refractivity contribution >= 4 is 10.0 Å². The molecule has 1 aromatic carbocycles. The zero-order chi connectivity index (χ0) is 12.5. The van der Waals surface area contributed by atoms with Crippen molar-refractivity contribution in [1.82, 2.24) is 4.31 Å². The molecule has 1 fully saturated rings. The van der Waals surface area contributed by atoms with Crippen LogP contribution in [0.3, 0.4) is 0 Å². The highest BCUT2D eigenvalue weighted by Gasteiger charge is 2.32. The van der Waals surface area contributed by atoms with Crippen LogP contribution in [0.5, 0.6) is 0 Å². The molecule has 1 aromatic rings. The maximum Gasteiger partial charge on any atom is 0.211 e. The van der Waals surface area contributed by atoms with Crippen molar-refractivity contribution in [3.63, 3.8) is 0 Å². The lowest BCUT2D eigenvalue weighted by Crippen LogP contribution is -2.47. The molecule has 1 aliphatic heterocycles. The second-order valence-corrected chi connectivity index (χ2v) is 6.35. The molecular formula is C12H17NO3S. The van der Waals surface area contributed by atoms with Gasteiger partial charge in [-0.1, -0.05) is 30.3 Å². The molecule has 0 aliphatic carbocycles. The van der Waals surface area contributed by atoms with Gasteiger partial charge in [-0.3, -0.25) is 0 Å². The van der Waals surface area contributed by atoms with E-state index in [4.69, 9.17) is 4.74 Å². The van der Waals surface area contributed by atoms with Crippen LogP contribution < -0.4 is 0 Å². The molecule has 5 heteroatoms. The highest BCUT2D eigenvalue weighted by atomic mass is 32.2. The van der Waals surface area contributed by atoms with Gasteiger partial charge in [0.1, 0.15) is 0 Å². The number of sulfonamides is 1. The number of hydrogen-bond acceptors (Lipinski definition) is 3. The fourth-order valence-electron chi connectivity index (χ4n) is 2.07. The van der Waals surface area contributed by atoms with Gasteiger partial charge in [0, 0.05) is 12.6 Å². The Morgan fingerprint density at radius 2 is 1.94 bits per heavy atom. The molecule has 94 valence electrons. The lowest BCUT2D eigenvalue weighted by Gasteiger charge is -2.36. The molecule has 0 bridgehead atoms. The van der Waals surface area contributed by atoms with Gasteiger partial charge in [0.05, 0.1) is 19.0 Å². The molecule has 0 saturated carbocycles. The van der Waals surface area contributed by atoms with Gasteiger partial charge in [0.15, 0.2) is 0 Å². The third-order valence-corrected chi connectivity index (χ3v) is 4.33. The fraction of sp³-hybridized carbons (Fsp3) is 0.500. The summed E-state index contributed by atoms with van der Waals surface area (Å²) in [5.41, 5.74) is 1.02. The minimum absolute atomic E-state index is 0.0926. The molecular weight excluding hydrogens is 238 g/mol. The number of morpholine rings is 1. The van der Waals surface area contributed by atoms with Gasteiger partial charge in [-0.05, 0) is 12.5 Å². The summed E-state index contributed by atoms with van der Waals surface area (Å²) in [4.78, 5) is 0. The fourth-order valence-corrected chi connectivity index (χ4v) is 3.19. The topological polar surface area (TPSA) is 46.6 Å².